The molecule has 2 fully saturated rings. The maximum Gasteiger partial charge on any atom is 0.225 e. The number of ether oxygens (including phenoxy) is 3. The van der Waals surface area contributed by atoms with Gasteiger partial charge in [0.2, 0.25) is 11.8 Å². The summed E-state index contributed by atoms with van der Waals surface area (Å²) in [5.41, 5.74) is -0.0279. The van der Waals surface area contributed by atoms with E-state index in [2.05, 4.69) is 5.10 Å². The summed E-state index contributed by atoms with van der Waals surface area (Å²) in [6, 6.07) is 7.31. The molecule has 3 heterocycles. The standard InChI is InChI=1S/C25H33ClN4O5/c1-20-16-21(5-6-22(20)26)34-19-25(17-24(32)28-10-13-33-14-11-28)18-29(12-15-35-25)23(31)4-2-8-30-9-3-7-27-30/h3,5-7,9,16H,2,4,8,10-15,17-19H2,1H3/t25-/m0/s1. The molecular formula is C25H33ClN4O5. The molecule has 2 amide bonds. The van der Waals surface area contributed by atoms with E-state index >= 15 is 0 Å². The van der Waals surface area contributed by atoms with Crippen LogP contribution in [0.25, 0.3) is 0 Å². The van der Waals surface area contributed by atoms with Gasteiger partial charge in [0.15, 0.2) is 0 Å². The number of hydrogen-bond donors (Lipinski definition) is 0. The van der Waals surface area contributed by atoms with Crippen molar-refractivity contribution in [2.75, 3.05) is 52.6 Å². The number of nitrogens with zero attached hydrogens (tertiary/aromatic N) is 4. The van der Waals surface area contributed by atoms with Gasteiger partial charge in [-0.05, 0) is 43.2 Å². The van der Waals surface area contributed by atoms with Crippen molar-refractivity contribution >= 4 is 23.4 Å². The Balaban J connectivity index is 1.43. The Morgan fingerprint density at radius 1 is 1.14 bits per heavy atom. The van der Waals surface area contributed by atoms with Crippen LogP contribution in [0.3, 0.4) is 0 Å². The molecule has 10 heteroatoms. The van der Waals surface area contributed by atoms with E-state index in [1.807, 2.05) is 29.9 Å². The fraction of sp³-hybridized carbons (Fsp3) is 0.560. The number of halogens is 1. The Morgan fingerprint density at radius 2 is 1.94 bits per heavy atom. The van der Waals surface area contributed by atoms with Gasteiger partial charge in [-0.25, -0.2) is 0 Å². The third-order valence-corrected chi connectivity index (χ3v) is 6.83. The molecule has 9 nitrogen and oxygen atoms in total. The molecule has 1 aromatic carbocycles. The van der Waals surface area contributed by atoms with E-state index in [0.29, 0.717) is 76.2 Å². The normalized spacial score (nSPS) is 20.6. The molecule has 2 aromatic rings. The summed E-state index contributed by atoms with van der Waals surface area (Å²) in [6.45, 7) is 6.07. The number of aryl methyl sites for hydroxylation is 2. The number of benzene rings is 1. The number of rotatable bonds is 9. The van der Waals surface area contributed by atoms with Gasteiger partial charge in [0, 0.05) is 50.0 Å². The summed E-state index contributed by atoms with van der Waals surface area (Å²) in [5.74, 6) is 0.680. The largest absolute Gasteiger partial charge is 0.490 e. The molecule has 0 spiro atoms. The van der Waals surface area contributed by atoms with Crippen molar-refractivity contribution in [3.63, 3.8) is 0 Å². The van der Waals surface area contributed by atoms with Crippen molar-refractivity contribution in [1.82, 2.24) is 19.6 Å². The van der Waals surface area contributed by atoms with Crippen LogP contribution in [0.15, 0.2) is 36.7 Å². The zero-order chi connectivity index (χ0) is 24.7. The lowest BCUT2D eigenvalue weighted by atomic mass is 9.96. The van der Waals surface area contributed by atoms with Gasteiger partial charge in [0.1, 0.15) is 18.0 Å². The van der Waals surface area contributed by atoms with Gasteiger partial charge in [-0.2, -0.15) is 5.10 Å². The van der Waals surface area contributed by atoms with Crippen LogP contribution in [0.1, 0.15) is 24.8 Å². The fourth-order valence-corrected chi connectivity index (χ4v) is 4.53. The van der Waals surface area contributed by atoms with Gasteiger partial charge in [-0.3, -0.25) is 14.3 Å². The van der Waals surface area contributed by atoms with E-state index in [9.17, 15) is 9.59 Å². The van der Waals surface area contributed by atoms with Crippen LogP contribution in [0.5, 0.6) is 5.75 Å². The van der Waals surface area contributed by atoms with Gasteiger partial charge < -0.3 is 24.0 Å². The lowest BCUT2D eigenvalue weighted by Crippen LogP contribution is -2.58. The Hall–Kier alpha value is -2.62. The van der Waals surface area contributed by atoms with Crippen molar-refractivity contribution in [2.45, 2.75) is 38.3 Å². The molecule has 2 aliphatic heterocycles. The lowest BCUT2D eigenvalue weighted by molar-refractivity contribution is -0.167. The molecule has 190 valence electrons. The second-order valence-corrected chi connectivity index (χ2v) is 9.50. The van der Waals surface area contributed by atoms with Crippen molar-refractivity contribution < 1.29 is 23.8 Å². The molecule has 2 saturated heterocycles. The minimum Gasteiger partial charge on any atom is -0.490 e. The van der Waals surface area contributed by atoms with Gasteiger partial charge in [-0.15, -0.1) is 0 Å². The molecule has 35 heavy (non-hydrogen) atoms. The smallest absolute Gasteiger partial charge is 0.225 e. The van der Waals surface area contributed by atoms with Gasteiger partial charge in [0.05, 0.1) is 32.8 Å². The highest BCUT2D eigenvalue weighted by molar-refractivity contribution is 6.31. The molecule has 2 aliphatic rings. The SMILES string of the molecule is Cc1cc(OC[C@]2(CC(=O)N3CCOCC3)CN(C(=O)CCCn3cccn3)CCO2)ccc1Cl. The number of aromatic nitrogens is 2. The van der Waals surface area contributed by atoms with Crippen LogP contribution < -0.4 is 4.74 Å². The molecule has 1 atom stereocenters. The van der Waals surface area contributed by atoms with Gasteiger partial charge in [-0.1, -0.05) is 11.6 Å². The summed E-state index contributed by atoms with van der Waals surface area (Å²) in [5, 5.41) is 4.85. The highest BCUT2D eigenvalue weighted by atomic mass is 35.5. The minimum absolute atomic E-state index is 0.0165. The van der Waals surface area contributed by atoms with Gasteiger partial charge >= 0.3 is 0 Å². The maximum atomic E-state index is 13.2. The highest BCUT2D eigenvalue weighted by Crippen LogP contribution is 2.28. The monoisotopic (exact) mass is 504 g/mol. The number of hydrogen-bond acceptors (Lipinski definition) is 6. The molecule has 0 saturated carbocycles. The molecule has 0 unspecified atom stereocenters. The molecule has 0 bridgehead atoms. The van der Waals surface area contributed by atoms with Crippen molar-refractivity contribution in [2.24, 2.45) is 0 Å². The molecular weight excluding hydrogens is 472 g/mol. The predicted molar refractivity (Wildman–Crippen MR) is 130 cm³/mol. The number of morpholine rings is 2. The van der Waals surface area contributed by atoms with Crippen LogP contribution in [0.2, 0.25) is 5.02 Å². The van der Waals surface area contributed by atoms with E-state index in [4.69, 9.17) is 25.8 Å². The van der Waals surface area contributed by atoms with Crippen LogP contribution in [-0.2, 0) is 25.6 Å². The highest BCUT2D eigenvalue weighted by Gasteiger charge is 2.42. The van der Waals surface area contributed by atoms with Crippen molar-refractivity contribution in [3.05, 3.63) is 47.2 Å². The van der Waals surface area contributed by atoms with Crippen LogP contribution >= 0.6 is 11.6 Å². The second-order valence-electron chi connectivity index (χ2n) is 9.09. The van der Waals surface area contributed by atoms with E-state index in [1.165, 1.54) is 0 Å². The summed E-state index contributed by atoms with van der Waals surface area (Å²) >= 11 is 6.15. The summed E-state index contributed by atoms with van der Waals surface area (Å²) in [7, 11) is 0. The molecule has 0 N–H and O–H groups in total. The molecule has 0 radical (unpaired) electrons. The van der Waals surface area contributed by atoms with E-state index in [0.717, 1.165) is 5.56 Å². The topological polar surface area (TPSA) is 86.1 Å². The van der Waals surface area contributed by atoms with E-state index in [-0.39, 0.29) is 24.8 Å². The summed E-state index contributed by atoms with van der Waals surface area (Å²) in [4.78, 5) is 29.8. The average molecular weight is 505 g/mol. The third-order valence-electron chi connectivity index (χ3n) is 6.41. The zero-order valence-corrected chi connectivity index (χ0v) is 20.9. The zero-order valence-electron chi connectivity index (χ0n) is 20.2. The van der Waals surface area contributed by atoms with Crippen molar-refractivity contribution in [1.29, 1.82) is 0 Å². The van der Waals surface area contributed by atoms with Crippen LogP contribution in [0.4, 0.5) is 0 Å². The van der Waals surface area contributed by atoms with E-state index in [1.54, 1.807) is 28.1 Å². The Labute approximate surface area is 210 Å². The summed E-state index contributed by atoms with van der Waals surface area (Å²) in [6.07, 6.45) is 4.85. The first-order valence-electron chi connectivity index (χ1n) is 12.1. The van der Waals surface area contributed by atoms with Gasteiger partial charge in [0.25, 0.3) is 0 Å². The predicted octanol–water partition coefficient (Wildman–Crippen LogP) is 2.55. The molecule has 0 aliphatic carbocycles. The average Bonchev–Trinajstić information content (AvgIpc) is 3.39. The third kappa shape index (κ3) is 6.96. The number of carbonyl (C=O) groups is 2. The first-order valence-corrected chi connectivity index (χ1v) is 12.5. The van der Waals surface area contributed by atoms with Crippen molar-refractivity contribution in [3.8, 4) is 5.75 Å². The number of carbonyl (C=O) groups excluding carboxylic acids is 2. The minimum atomic E-state index is -0.932. The molecule has 4 rings (SSSR count). The Morgan fingerprint density at radius 3 is 2.69 bits per heavy atom. The Bertz CT molecular complexity index is 996. The van der Waals surface area contributed by atoms with Crippen LogP contribution in [0, 0.1) is 6.92 Å². The van der Waals surface area contributed by atoms with E-state index < -0.39 is 5.60 Å². The lowest BCUT2D eigenvalue weighted by Gasteiger charge is -2.43. The Kier molecular flexibility index (Phi) is 8.64. The quantitative estimate of drug-likeness (QED) is 0.521. The maximum absolute atomic E-state index is 13.2. The number of amides is 2. The van der Waals surface area contributed by atoms with Crippen LogP contribution in [-0.4, -0.2) is 89.6 Å². The first kappa shape index (κ1) is 25.5. The fourth-order valence-electron chi connectivity index (χ4n) is 4.41. The second kappa shape index (κ2) is 11.9. The first-order chi connectivity index (χ1) is 16.9. The summed E-state index contributed by atoms with van der Waals surface area (Å²) < 4.78 is 19.5. The molecule has 1 aromatic heterocycles.